The Labute approximate surface area is 256 Å². The van der Waals surface area contributed by atoms with E-state index in [1.54, 1.807) is 28.4 Å². The van der Waals surface area contributed by atoms with Gasteiger partial charge >= 0.3 is 0 Å². The summed E-state index contributed by atoms with van der Waals surface area (Å²) in [6, 6.07) is 33.5. The Morgan fingerprint density at radius 3 is 1.80 bits per heavy atom. The summed E-state index contributed by atoms with van der Waals surface area (Å²) in [5, 5.41) is 3.51. The number of aromatic nitrogens is 2. The lowest BCUT2D eigenvalue weighted by atomic mass is 9.95. The molecule has 1 N–H and O–H groups in total. The number of H-pyrrole nitrogens is 1. The lowest BCUT2D eigenvalue weighted by Crippen LogP contribution is -2.01. The number of para-hydroxylation sites is 1. The van der Waals surface area contributed by atoms with Crippen LogP contribution in [-0.4, -0.2) is 38.0 Å². The predicted octanol–water partition coefficient (Wildman–Crippen LogP) is 8.89. The number of hydrogen-bond acceptors (Lipinski definition) is 4. The van der Waals surface area contributed by atoms with Gasteiger partial charge in [0.2, 0.25) is 0 Å². The van der Waals surface area contributed by atoms with Crippen molar-refractivity contribution in [2.24, 2.45) is 0 Å². The molecule has 5 aromatic carbocycles. The van der Waals surface area contributed by atoms with E-state index in [9.17, 15) is 0 Å². The van der Waals surface area contributed by atoms with Gasteiger partial charge in [-0.15, -0.1) is 0 Å². The predicted molar refractivity (Wildman–Crippen MR) is 179 cm³/mol. The van der Waals surface area contributed by atoms with Crippen LogP contribution in [0.15, 0.2) is 103 Å². The van der Waals surface area contributed by atoms with Gasteiger partial charge < -0.3 is 28.5 Å². The zero-order valence-corrected chi connectivity index (χ0v) is 25.3. The van der Waals surface area contributed by atoms with E-state index in [-0.39, 0.29) is 0 Å². The molecule has 6 heteroatoms. The van der Waals surface area contributed by atoms with Crippen LogP contribution in [-0.2, 0) is 13.0 Å². The Morgan fingerprint density at radius 1 is 0.614 bits per heavy atom. The fraction of sp³-hybridized carbons (Fsp3) is 0.158. The SMILES string of the molecule is COc1ccc(CCn2cc(-c3ccc(OC)cc3)c3c4c(cc(-c5ccc(OC)cc5)c32)[nH]c2c(OC)cccc24)cc1. The number of ether oxygens (including phenoxy) is 4. The molecular weight excluding hydrogens is 548 g/mol. The van der Waals surface area contributed by atoms with Gasteiger partial charge in [-0.05, 0) is 71.6 Å². The van der Waals surface area contributed by atoms with Crippen molar-refractivity contribution in [3.8, 4) is 45.3 Å². The number of methoxy groups -OCH3 is 4. The Kier molecular flexibility index (Phi) is 7.10. The summed E-state index contributed by atoms with van der Waals surface area (Å²) in [7, 11) is 6.81. The third-order valence-electron chi connectivity index (χ3n) is 8.52. The lowest BCUT2D eigenvalue weighted by Gasteiger charge is -2.13. The molecule has 220 valence electrons. The number of aromatic amines is 1. The van der Waals surface area contributed by atoms with Crippen molar-refractivity contribution in [2.75, 3.05) is 28.4 Å². The zero-order valence-electron chi connectivity index (χ0n) is 25.3. The van der Waals surface area contributed by atoms with Crippen LogP contribution in [0.5, 0.6) is 23.0 Å². The first kappa shape index (κ1) is 27.5. The Balaban J connectivity index is 1.54. The highest BCUT2D eigenvalue weighted by molar-refractivity contribution is 6.27. The van der Waals surface area contributed by atoms with Crippen molar-refractivity contribution in [1.29, 1.82) is 0 Å². The van der Waals surface area contributed by atoms with Crippen molar-refractivity contribution in [3.63, 3.8) is 0 Å². The topological polar surface area (TPSA) is 57.6 Å². The first-order valence-electron chi connectivity index (χ1n) is 14.7. The fourth-order valence-corrected chi connectivity index (χ4v) is 6.27. The summed E-state index contributed by atoms with van der Waals surface area (Å²) in [6.45, 7) is 0.805. The second-order valence-electron chi connectivity index (χ2n) is 10.9. The number of benzene rings is 5. The van der Waals surface area contributed by atoms with Crippen molar-refractivity contribution >= 4 is 32.7 Å². The van der Waals surface area contributed by atoms with E-state index in [0.717, 1.165) is 69.1 Å². The van der Waals surface area contributed by atoms with Crippen LogP contribution in [0.2, 0.25) is 0 Å². The summed E-state index contributed by atoms with van der Waals surface area (Å²) >= 11 is 0. The van der Waals surface area contributed by atoms with E-state index in [1.807, 2.05) is 42.5 Å². The average Bonchev–Trinajstić information content (AvgIpc) is 3.66. The lowest BCUT2D eigenvalue weighted by molar-refractivity contribution is 0.414. The molecule has 7 aromatic rings. The molecule has 0 bridgehead atoms. The average molecular weight is 583 g/mol. The first-order valence-corrected chi connectivity index (χ1v) is 14.7. The maximum Gasteiger partial charge on any atom is 0.142 e. The largest absolute Gasteiger partial charge is 0.497 e. The van der Waals surface area contributed by atoms with Gasteiger partial charge in [0.15, 0.2) is 0 Å². The maximum absolute atomic E-state index is 5.79. The molecule has 6 nitrogen and oxygen atoms in total. The number of aryl methyl sites for hydroxylation is 2. The third kappa shape index (κ3) is 4.69. The van der Waals surface area contributed by atoms with Gasteiger partial charge in [0, 0.05) is 45.5 Å². The maximum atomic E-state index is 5.79. The van der Waals surface area contributed by atoms with E-state index < -0.39 is 0 Å². The van der Waals surface area contributed by atoms with E-state index >= 15 is 0 Å². The van der Waals surface area contributed by atoms with Crippen LogP contribution < -0.4 is 18.9 Å². The summed E-state index contributed by atoms with van der Waals surface area (Å²) < 4.78 is 24.6. The molecule has 0 aliphatic carbocycles. The van der Waals surface area contributed by atoms with E-state index in [4.69, 9.17) is 18.9 Å². The van der Waals surface area contributed by atoms with Gasteiger partial charge in [-0.1, -0.05) is 48.5 Å². The highest BCUT2D eigenvalue weighted by Crippen LogP contribution is 2.45. The number of rotatable bonds is 9. The van der Waals surface area contributed by atoms with Crippen molar-refractivity contribution in [2.45, 2.75) is 13.0 Å². The minimum atomic E-state index is 0.805. The number of fused-ring (bicyclic) bond motifs is 5. The van der Waals surface area contributed by atoms with Gasteiger partial charge in [0.25, 0.3) is 0 Å². The van der Waals surface area contributed by atoms with Gasteiger partial charge in [-0.2, -0.15) is 0 Å². The van der Waals surface area contributed by atoms with Gasteiger partial charge in [-0.3, -0.25) is 0 Å². The molecule has 0 spiro atoms. The number of nitrogens with zero attached hydrogens (tertiary/aromatic N) is 1. The van der Waals surface area contributed by atoms with Crippen LogP contribution in [0.4, 0.5) is 0 Å². The van der Waals surface area contributed by atoms with Crippen molar-refractivity contribution in [3.05, 3.63) is 109 Å². The molecule has 0 amide bonds. The summed E-state index contributed by atoms with van der Waals surface area (Å²) in [5.74, 6) is 3.34. The van der Waals surface area contributed by atoms with Crippen LogP contribution in [0.25, 0.3) is 55.0 Å². The molecule has 0 radical (unpaired) electrons. The molecule has 0 fully saturated rings. The van der Waals surface area contributed by atoms with Crippen molar-refractivity contribution < 1.29 is 18.9 Å². The molecule has 0 aliphatic heterocycles. The smallest absolute Gasteiger partial charge is 0.142 e. The van der Waals surface area contributed by atoms with Crippen LogP contribution in [0.3, 0.4) is 0 Å². The molecule has 0 aliphatic rings. The highest BCUT2D eigenvalue weighted by atomic mass is 16.5. The molecular formula is C38H34N2O4. The quantitative estimate of drug-likeness (QED) is 0.185. The van der Waals surface area contributed by atoms with Gasteiger partial charge in [0.1, 0.15) is 23.0 Å². The summed E-state index contributed by atoms with van der Waals surface area (Å²) in [5.41, 5.74) is 9.05. The van der Waals surface area contributed by atoms with Crippen LogP contribution in [0, 0.1) is 0 Å². The Morgan fingerprint density at radius 2 is 1.20 bits per heavy atom. The van der Waals surface area contributed by atoms with Gasteiger partial charge in [-0.25, -0.2) is 0 Å². The first-order chi connectivity index (χ1) is 21.6. The normalized spacial score (nSPS) is 11.4. The molecule has 0 saturated carbocycles. The third-order valence-corrected chi connectivity index (χ3v) is 8.52. The summed E-state index contributed by atoms with van der Waals surface area (Å²) in [4.78, 5) is 3.71. The molecule has 0 unspecified atom stereocenters. The molecule has 2 heterocycles. The molecule has 7 rings (SSSR count). The molecule has 0 atom stereocenters. The minimum Gasteiger partial charge on any atom is -0.497 e. The second-order valence-corrected chi connectivity index (χ2v) is 10.9. The van der Waals surface area contributed by atoms with E-state index in [0.29, 0.717) is 0 Å². The molecule has 2 aromatic heterocycles. The number of nitrogens with one attached hydrogen (secondary N) is 1. The monoisotopic (exact) mass is 582 g/mol. The Hall–Kier alpha value is -5.36. The van der Waals surface area contributed by atoms with Crippen LogP contribution >= 0.6 is 0 Å². The zero-order chi connectivity index (χ0) is 30.2. The highest BCUT2D eigenvalue weighted by Gasteiger charge is 2.22. The minimum absolute atomic E-state index is 0.805. The van der Waals surface area contributed by atoms with Gasteiger partial charge in [0.05, 0.1) is 39.5 Å². The number of hydrogen-bond donors (Lipinski definition) is 1. The summed E-state index contributed by atoms with van der Waals surface area (Å²) in [6.07, 6.45) is 3.18. The molecule has 44 heavy (non-hydrogen) atoms. The van der Waals surface area contributed by atoms with E-state index in [1.165, 1.54) is 27.4 Å². The Bertz CT molecular complexity index is 2090. The fourth-order valence-electron chi connectivity index (χ4n) is 6.27. The van der Waals surface area contributed by atoms with Crippen molar-refractivity contribution in [1.82, 2.24) is 9.55 Å². The van der Waals surface area contributed by atoms with E-state index in [2.05, 4.69) is 70.3 Å². The molecule has 0 saturated heterocycles. The standard InChI is InChI=1S/C38H34N2O4/c1-41-27-14-8-24(9-15-27)20-21-40-23-32(26-12-18-29(43-3)19-13-26)36-35-30-6-5-7-34(44-4)37(30)39-33(35)22-31(38(36)40)25-10-16-28(42-2)17-11-25/h5-19,22-23,39H,20-21H2,1-4H3. The second kappa shape index (κ2) is 11.4. The van der Waals surface area contributed by atoms with Crippen LogP contribution in [0.1, 0.15) is 5.56 Å².